The van der Waals surface area contributed by atoms with Crippen molar-refractivity contribution in [3.63, 3.8) is 0 Å². The maximum absolute atomic E-state index is 13.6. The Labute approximate surface area is 208 Å². The summed E-state index contributed by atoms with van der Waals surface area (Å²) in [5.41, 5.74) is -2.91. The average molecular weight is 589 g/mol. The molecule has 1 aliphatic rings. The Bertz CT molecular complexity index is 1140. The molecule has 0 fully saturated rings. The molecule has 19 heteroatoms. The minimum atomic E-state index is -10.3. The fraction of sp³-hybridized carbons (Fsp3) is 0.474. The second-order valence-corrected chi connectivity index (χ2v) is 10.1. The molecule has 0 amide bonds. The molecule has 0 radical (unpaired) electrons. The molecule has 1 aromatic carbocycles. The van der Waals surface area contributed by atoms with E-state index in [4.69, 9.17) is 4.74 Å². The molecule has 0 N–H and O–H groups in total. The number of carbonyl (C=O) groups excluding carboxylic acids is 2. The van der Waals surface area contributed by atoms with Crippen LogP contribution >= 0.6 is 10.2 Å². The molecule has 0 aromatic heterocycles. The number of halogens is 8. The molecule has 38 heavy (non-hydrogen) atoms. The minimum absolute atomic E-state index is 0.0189. The normalized spacial score (nSPS) is 17.9. The summed E-state index contributed by atoms with van der Waals surface area (Å²) in [6, 6.07) is -0.164. The lowest BCUT2D eigenvalue weighted by atomic mass is 9.98. The zero-order valence-corrected chi connectivity index (χ0v) is 20.1. The average Bonchev–Trinajstić information content (AvgIpc) is 2.74. The summed E-state index contributed by atoms with van der Waals surface area (Å²) < 4.78 is 126. The number of esters is 1. The van der Waals surface area contributed by atoms with Gasteiger partial charge in [-0.1, -0.05) is 26.4 Å². The van der Waals surface area contributed by atoms with Gasteiger partial charge in [0.15, 0.2) is 0 Å². The van der Waals surface area contributed by atoms with Crippen molar-refractivity contribution in [1.82, 2.24) is 0 Å². The van der Waals surface area contributed by atoms with Gasteiger partial charge in [-0.25, -0.2) is 9.59 Å². The maximum Gasteiger partial charge on any atom is 0.511 e. The van der Waals surface area contributed by atoms with E-state index in [1.165, 1.54) is 13.8 Å². The number of aryl methyl sites for hydroxylation is 1. The van der Waals surface area contributed by atoms with Gasteiger partial charge in [0.1, 0.15) is 16.7 Å². The number of ether oxygens (including phenoxy) is 4. The van der Waals surface area contributed by atoms with Gasteiger partial charge in [-0.15, -0.1) is 10.1 Å². The molecular formula is C19H19F8NO9S. The van der Waals surface area contributed by atoms with Crippen LogP contribution in [-0.4, -0.2) is 49.0 Å². The minimum Gasteiger partial charge on any atom is -0.475 e. The summed E-state index contributed by atoms with van der Waals surface area (Å²) in [7, 11) is -10.3. The Morgan fingerprint density at radius 3 is 2.32 bits per heavy atom. The molecule has 0 spiro atoms. The summed E-state index contributed by atoms with van der Waals surface area (Å²) in [6.45, 7) is 0.693. The molecular weight excluding hydrogens is 570 g/mol. The lowest BCUT2D eigenvalue weighted by Crippen LogP contribution is -2.41. The van der Waals surface area contributed by atoms with Crippen molar-refractivity contribution in [1.29, 1.82) is 0 Å². The lowest BCUT2D eigenvalue weighted by molar-refractivity contribution is -0.758. The molecule has 216 valence electrons. The number of nitrogens with zero attached hydrogens (tertiary/aromatic N) is 1. The highest BCUT2D eigenvalue weighted by Gasteiger charge is 2.66. The Morgan fingerprint density at radius 1 is 1.16 bits per heavy atom. The van der Waals surface area contributed by atoms with E-state index < -0.39 is 93.0 Å². The predicted octanol–water partition coefficient (Wildman–Crippen LogP) is 6.25. The van der Waals surface area contributed by atoms with Gasteiger partial charge in [-0.05, 0) is 37.1 Å². The zero-order chi connectivity index (χ0) is 29.2. The lowest BCUT2D eigenvalue weighted by Gasteiger charge is -2.41. The first-order chi connectivity index (χ1) is 17.1. The molecule has 2 rings (SSSR count). The summed E-state index contributed by atoms with van der Waals surface area (Å²) in [4.78, 5) is 35.5. The van der Waals surface area contributed by atoms with Gasteiger partial charge in [-0.3, -0.25) is 0 Å². The molecule has 0 bridgehead atoms. The quantitative estimate of drug-likeness (QED) is 0.102. The first kappa shape index (κ1) is 30.7. The van der Waals surface area contributed by atoms with Crippen molar-refractivity contribution >= 4 is 28.4 Å². The fourth-order valence-electron chi connectivity index (χ4n) is 3.02. The molecule has 2 atom stereocenters. The van der Waals surface area contributed by atoms with Crippen LogP contribution in [0.25, 0.3) is 6.08 Å². The van der Waals surface area contributed by atoms with Crippen LogP contribution in [-0.2, 0) is 30.3 Å². The van der Waals surface area contributed by atoms with Crippen molar-refractivity contribution in [3.8, 4) is 5.75 Å². The van der Waals surface area contributed by atoms with Gasteiger partial charge < -0.3 is 23.8 Å². The smallest absolute Gasteiger partial charge is 0.475 e. The molecule has 1 heterocycles. The van der Waals surface area contributed by atoms with Gasteiger partial charge in [0.2, 0.25) is 12.9 Å². The third-order valence-electron chi connectivity index (χ3n) is 4.74. The van der Waals surface area contributed by atoms with E-state index in [0.717, 1.165) is 0 Å². The summed E-state index contributed by atoms with van der Waals surface area (Å²) in [6.07, 6.45) is -11.1. The first-order valence-electron chi connectivity index (χ1n) is 10.3. The molecule has 0 saturated heterocycles. The highest BCUT2D eigenvalue weighted by molar-refractivity contribution is 8.45. The van der Waals surface area contributed by atoms with Crippen LogP contribution in [0, 0.1) is 10.1 Å². The van der Waals surface area contributed by atoms with Crippen molar-refractivity contribution in [2.75, 3.05) is 13.4 Å². The molecule has 1 aliphatic heterocycles. The summed E-state index contributed by atoms with van der Waals surface area (Å²) in [5, 5.41) is 8.95. The topological polar surface area (TPSA) is 123 Å². The Hall–Kier alpha value is -3.51. The number of rotatable bonds is 10. The van der Waals surface area contributed by atoms with E-state index >= 15 is 0 Å². The Kier molecular flexibility index (Phi) is 8.07. The molecule has 10 nitrogen and oxygen atoms in total. The third-order valence-corrected chi connectivity index (χ3v) is 5.87. The first-order valence-corrected chi connectivity index (χ1v) is 12.2. The maximum atomic E-state index is 13.6. The van der Waals surface area contributed by atoms with Crippen LogP contribution in [0.2, 0.25) is 0 Å². The van der Waals surface area contributed by atoms with Crippen LogP contribution < -0.4 is 4.74 Å². The van der Waals surface area contributed by atoms with Gasteiger partial charge in [0.05, 0.1) is 12.2 Å². The van der Waals surface area contributed by atoms with Crippen LogP contribution in [0.15, 0.2) is 22.6 Å². The van der Waals surface area contributed by atoms with Crippen molar-refractivity contribution in [3.05, 3.63) is 38.9 Å². The summed E-state index contributed by atoms with van der Waals surface area (Å²) >= 11 is 0. The molecule has 0 aliphatic carbocycles. The highest BCUT2D eigenvalue weighted by atomic mass is 32.5. The number of benzene rings is 1. The largest absolute Gasteiger partial charge is 0.511 e. The second kappa shape index (κ2) is 9.99. The second-order valence-electron chi connectivity index (χ2n) is 7.68. The number of hydrogen-bond acceptors (Lipinski definition) is 9. The fourth-order valence-corrected chi connectivity index (χ4v) is 3.73. The van der Waals surface area contributed by atoms with Crippen LogP contribution in [0.3, 0.4) is 0 Å². The number of fused-ring (bicyclic) bond motifs is 1. The van der Waals surface area contributed by atoms with E-state index in [0.29, 0.717) is 0 Å². The summed E-state index contributed by atoms with van der Waals surface area (Å²) in [5.74, 6) is -2.64. The van der Waals surface area contributed by atoms with Crippen LogP contribution in [0.5, 0.6) is 5.75 Å². The van der Waals surface area contributed by atoms with E-state index in [9.17, 15) is 52.3 Å². The molecule has 0 saturated carbocycles. The SMILES string of the molecule is CCc1cc(S(F)(F)(F)(F)F)cc2c1OC(C(F)(F)F)C(C(=O)OCOC(=O)O[C@@H](C)CCO[N+](=O)[O-])=C2. The van der Waals surface area contributed by atoms with Gasteiger partial charge >= 0.3 is 28.5 Å². The third kappa shape index (κ3) is 8.25. The number of carbonyl (C=O) groups is 2. The van der Waals surface area contributed by atoms with E-state index in [1.807, 2.05) is 0 Å². The van der Waals surface area contributed by atoms with Crippen molar-refractivity contribution in [2.45, 2.75) is 50.0 Å². The number of alkyl halides is 3. The number of hydrogen-bond donors (Lipinski definition) is 0. The van der Waals surface area contributed by atoms with E-state index in [-0.39, 0.29) is 24.6 Å². The predicted molar refractivity (Wildman–Crippen MR) is 111 cm³/mol. The van der Waals surface area contributed by atoms with Crippen molar-refractivity contribution in [2.24, 2.45) is 0 Å². The monoisotopic (exact) mass is 589 g/mol. The standard InChI is InChI=1S/C19H19F8NO9S/c1-3-11-6-13(38(23,24,25,26)27)7-12-8-14(16(19(20,21)22)37-15(11)12)17(29)33-9-34-18(30)36-10(2)4-5-35-28(31)32/h6-8,10,16H,3-5,9H2,1-2H3/t10-,16?/m0/s1. The van der Waals surface area contributed by atoms with E-state index in [1.54, 1.807) is 0 Å². The highest BCUT2D eigenvalue weighted by Crippen LogP contribution is 3.02. The Morgan fingerprint density at radius 2 is 1.79 bits per heavy atom. The van der Waals surface area contributed by atoms with Gasteiger partial charge in [0, 0.05) is 12.0 Å². The molecule has 1 aromatic rings. The van der Waals surface area contributed by atoms with Crippen molar-refractivity contribution < 1.29 is 71.1 Å². The van der Waals surface area contributed by atoms with Crippen LogP contribution in [0.4, 0.5) is 37.4 Å². The van der Waals surface area contributed by atoms with Gasteiger partial charge in [0.25, 0.3) is 5.09 Å². The molecule has 1 unspecified atom stereocenters. The van der Waals surface area contributed by atoms with E-state index in [2.05, 4.69) is 19.0 Å². The van der Waals surface area contributed by atoms with Gasteiger partial charge in [-0.2, -0.15) is 13.2 Å². The van der Waals surface area contributed by atoms with Crippen LogP contribution in [0.1, 0.15) is 31.4 Å². The zero-order valence-electron chi connectivity index (χ0n) is 19.3. The Balaban J connectivity index is 2.23.